The molecule has 0 rings (SSSR count). The van der Waals surface area contributed by atoms with Crippen LogP contribution in [-0.4, -0.2) is 22.9 Å². The van der Waals surface area contributed by atoms with Crippen molar-refractivity contribution < 1.29 is 10.2 Å². The van der Waals surface area contributed by atoms with Crippen molar-refractivity contribution in [2.75, 3.05) is 6.61 Å². The lowest BCUT2D eigenvalue weighted by molar-refractivity contribution is 0.114. The van der Waals surface area contributed by atoms with E-state index in [-0.39, 0.29) is 6.61 Å². The molecular weight excluding hydrogens is 164 g/mol. The fourth-order valence-corrected chi connectivity index (χ4v) is 1.41. The predicted molar refractivity (Wildman–Crippen MR) is 55.3 cm³/mol. The van der Waals surface area contributed by atoms with Crippen molar-refractivity contribution >= 4 is 0 Å². The maximum atomic E-state index is 9.12. The average molecular weight is 187 g/mol. The highest BCUT2D eigenvalue weighted by Crippen LogP contribution is 2.18. The molecule has 0 fully saturated rings. The van der Waals surface area contributed by atoms with Gasteiger partial charge in [-0.05, 0) is 18.8 Å². The molecule has 2 nitrogen and oxygen atoms in total. The SMILES string of the molecule is CCCCC(CC)C[CH]C(O)CO. The molecule has 2 unspecified atom stereocenters. The first kappa shape index (κ1) is 12.9. The molecule has 0 heterocycles. The van der Waals surface area contributed by atoms with Crippen molar-refractivity contribution in [3.05, 3.63) is 6.42 Å². The second-order valence-corrected chi connectivity index (χ2v) is 3.64. The van der Waals surface area contributed by atoms with Gasteiger partial charge in [0.1, 0.15) is 0 Å². The molecule has 0 aliphatic heterocycles. The van der Waals surface area contributed by atoms with Crippen LogP contribution < -0.4 is 0 Å². The van der Waals surface area contributed by atoms with Gasteiger partial charge < -0.3 is 10.2 Å². The molecule has 79 valence electrons. The van der Waals surface area contributed by atoms with Gasteiger partial charge in [-0.2, -0.15) is 0 Å². The maximum Gasteiger partial charge on any atom is 0.0802 e. The van der Waals surface area contributed by atoms with Gasteiger partial charge in [0.2, 0.25) is 0 Å². The van der Waals surface area contributed by atoms with Crippen LogP contribution in [-0.2, 0) is 0 Å². The zero-order chi connectivity index (χ0) is 10.1. The monoisotopic (exact) mass is 187 g/mol. The number of aliphatic hydroxyl groups is 2. The van der Waals surface area contributed by atoms with Crippen LogP contribution in [0.3, 0.4) is 0 Å². The fraction of sp³-hybridized carbons (Fsp3) is 0.909. The van der Waals surface area contributed by atoms with E-state index >= 15 is 0 Å². The molecule has 0 saturated carbocycles. The highest BCUT2D eigenvalue weighted by molar-refractivity contribution is 4.77. The van der Waals surface area contributed by atoms with Gasteiger partial charge in [-0.15, -0.1) is 0 Å². The van der Waals surface area contributed by atoms with Crippen molar-refractivity contribution in [3.63, 3.8) is 0 Å². The van der Waals surface area contributed by atoms with E-state index in [0.29, 0.717) is 5.92 Å². The van der Waals surface area contributed by atoms with Crippen molar-refractivity contribution in [1.82, 2.24) is 0 Å². The molecular formula is C11H23O2. The van der Waals surface area contributed by atoms with Gasteiger partial charge in [-0.1, -0.05) is 39.5 Å². The minimum atomic E-state index is -0.629. The van der Waals surface area contributed by atoms with Crippen LogP contribution in [0.15, 0.2) is 0 Å². The third-order valence-corrected chi connectivity index (χ3v) is 2.47. The van der Waals surface area contributed by atoms with Crippen molar-refractivity contribution in [1.29, 1.82) is 0 Å². The average Bonchev–Trinajstić information content (AvgIpc) is 2.17. The summed E-state index contributed by atoms with van der Waals surface area (Å²) in [4.78, 5) is 0. The van der Waals surface area contributed by atoms with E-state index in [2.05, 4.69) is 13.8 Å². The normalized spacial score (nSPS) is 15.7. The van der Waals surface area contributed by atoms with Gasteiger partial charge in [0.05, 0.1) is 12.7 Å². The van der Waals surface area contributed by atoms with Crippen LogP contribution in [0.1, 0.15) is 46.0 Å². The van der Waals surface area contributed by atoms with Crippen LogP contribution in [0.25, 0.3) is 0 Å². The molecule has 2 N–H and O–H groups in total. The van der Waals surface area contributed by atoms with E-state index in [4.69, 9.17) is 10.2 Å². The lowest BCUT2D eigenvalue weighted by Gasteiger charge is -2.15. The molecule has 0 aromatic heterocycles. The standard InChI is InChI=1S/C11H23O2/c1-3-5-6-10(4-2)7-8-11(13)9-12/h8,10-13H,3-7,9H2,1-2H3. The molecule has 1 radical (unpaired) electrons. The van der Waals surface area contributed by atoms with Crippen LogP contribution in [0.5, 0.6) is 0 Å². The molecule has 0 bridgehead atoms. The summed E-state index contributed by atoms with van der Waals surface area (Å²) in [6.07, 6.45) is 7.02. The summed E-state index contributed by atoms with van der Waals surface area (Å²) >= 11 is 0. The Morgan fingerprint density at radius 1 is 1.31 bits per heavy atom. The van der Waals surface area contributed by atoms with Crippen molar-refractivity contribution in [2.24, 2.45) is 5.92 Å². The van der Waals surface area contributed by atoms with Gasteiger partial charge >= 0.3 is 0 Å². The Labute approximate surface area is 82.0 Å². The molecule has 0 aliphatic rings. The Kier molecular flexibility index (Phi) is 8.46. The van der Waals surface area contributed by atoms with E-state index in [1.807, 2.05) is 6.42 Å². The minimum absolute atomic E-state index is 0.149. The molecule has 0 aliphatic carbocycles. The number of aliphatic hydroxyl groups excluding tert-OH is 2. The molecule has 0 saturated heterocycles. The zero-order valence-corrected chi connectivity index (χ0v) is 8.87. The third-order valence-electron chi connectivity index (χ3n) is 2.47. The summed E-state index contributed by atoms with van der Waals surface area (Å²) in [7, 11) is 0. The zero-order valence-electron chi connectivity index (χ0n) is 8.87. The third kappa shape index (κ3) is 7.03. The Hall–Kier alpha value is -0.0800. The largest absolute Gasteiger partial charge is 0.394 e. The summed E-state index contributed by atoms with van der Waals surface area (Å²) in [6.45, 7) is 4.22. The van der Waals surface area contributed by atoms with Gasteiger partial charge in [-0.25, -0.2) is 0 Å². The second-order valence-electron chi connectivity index (χ2n) is 3.64. The quantitative estimate of drug-likeness (QED) is 0.611. The molecule has 2 atom stereocenters. The summed E-state index contributed by atoms with van der Waals surface area (Å²) < 4.78 is 0. The highest BCUT2D eigenvalue weighted by Gasteiger charge is 2.09. The molecule has 0 aromatic rings. The summed E-state index contributed by atoms with van der Waals surface area (Å²) in [5.74, 6) is 0.682. The van der Waals surface area contributed by atoms with E-state index in [0.717, 1.165) is 12.8 Å². The Bertz CT molecular complexity index is 104. The summed E-state index contributed by atoms with van der Waals surface area (Å²) in [5.41, 5.74) is 0. The fourth-order valence-electron chi connectivity index (χ4n) is 1.41. The molecule has 0 amide bonds. The smallest absolute Gasteiger partial charge is 0.0802 e. The Morgan fingerprint density at radius 2 is 2.00 bits per heavy atom. The number of unbranched alkanes of at least 4 members (excludes halogenated alkanes) is 1. The first-order chi connectivity index (χ1) is 6.24. The molecule has 0 aromatic carbocycles. The molecule has 2 heteroatoms. The molecule has 13 heavy (non-hydrogen) atoms. The minimum Gasteiger partial charge on any atom is -0.394 e. The predicted octanol–water partition coefficient (Wildman–Crippen LogP) is 2.15. The van der Waals surface area contributed by atoms with Crippen LogP contribution >= 0.6 is 0 Å². The second kappa shape index (κ2) is 8.52. The van der Waals surface area contributed by atoms with E-state index < -0.39 is 6.10 Å². The first-order valence-electron chi connectivity index (χ1n) is 5.36. The molecule has 0 spiro atoms. The summed E-state index contributed by atoms with van der Waals surface area (Å²) in [6, 6.07) is 0. The van der Waals surface area contributed by atoms with Gasteiger partial charge in [-0.3, -0.25) is 0 Å². The van der Waals surface area contributed by atoms with E-state index in [1.165, 1.54) is 19.3 Å². The lowest BCUT2D eigenvalue weighted by atomic mass is 9.93. The van der Waals surface area contributed by atoms with Crippen LogP contribution in [0.2, 0.25) is 0 Å². The highest BCUT2D eigenvalue weighted by atomic mass is 16.3. The topological polar surface area (TPSA) is 40.5 Å². The lowest BCUT2D eigenvalue weighted by Crippen LogP contribution is -2.14. The van der Waals surface area contributed by atoms with Gasteiger partial charge in [0.15, 0.2) is 0 Å². The van der Waals surface area contributed by atoms with Crippen LogP contribution in [0, 0.1) is 12.3 Å². The van der Waals surface area contributed by atoms with Crippen molar-refractivity contribution in [2.45, 2.75) is 52.1 Å². The van der Waals surface area contributed by atoms with Gasteiger partial charge in [0, 0.05) is 0 Å². The van der Waals surface area contributed by atoms with E-state index in [1.54, 1.807) is 0 Å². The summed E-state index contributed by atoms with van der Waals surface area (Å²) in [5, 5.41) is 17.7. The van der Waals surface area contributed by atoms with Gasteiger partial charge in [0.25, 0.3) is 0 Å². The number of hydrogen-bond donors (Lipinski definition) is 2. The maximum absolute atomic E-state index is 9.12. The Balaban J connectivity index is 3.46. The van der Waals surface area contributed by atoms with Crippen molar-refractivity contribution in [3.8, 4) is 0 Å². The number of rotatable bonds is 8. The Morgan fingerprint density at radius 3 is 2.46 bits per heavy atom. The van der Waals surface area contributed by atoms with E-state index in [9.17, 15) is 0 Å². The van der Waals surface area contributed by atoms with Crippen LogP contribution in [0.4, 0.5) is 0 Å². The number of hydrogen-bond acceptors (Lipinski definition) is 2. The first-order valence-corrected chi connectivity index (χ1v) is 5.36.